The van der Waals surface area contributed by atoms with Crippen molar-refractivity contribution >= 4 is 58.6 Å². The molecular formula is C29H24Cl2N2O5. The molecular weight excluding hydrogens is 527 g/mol. The van der Waals surface area contributed by atoms with Crippen LogP contribution in [0.3, 0.4) is 0 Å². The molecule has 2 aromatic carbocycles. The number of carbonyl (C=O) groups is 4. The molecule has 2 aliphatic carbocycles. The second-order valence-corrected chi connectivity index (χ2v) is 11.6. The van der Waals surface area contributed by atoms with E-state index in [2.05, 4.69) is 6.58 Å². The molecule has 0 spiro atoms. The number of imide groups is 2. The second-order valence-electron chi connectivity index (χ2n) is 10.4. The molecule has 194 valence electrons. The number of alkyl halides is 2. The van der Waals surface area contributed by atoms with Gasteiger partial charge < -0.3 is 5.11 Å². The smallest absolute Gasteiger partial charge is 0.253 e. The highest BCUT2D eigenvalue weighted by molar-refractivity contribution is 6.53. The monoisotopic (exact) mass is 550 g/mol. The number of carbonyl (C=O) groups excluding carboxylic acids is 4. The van der Waals surface area contributed by atoms with Crippen molar-refractivity contribution in [2.75, 3.05) is 11.9 Å². The van der Waals surface area contributed by atoms with E-state index in [1.165, 1.54) is 24.1 Å². The number of amides is 4. The maximum atomic E-state index is 13.9. The first kappa shape index (κ1) is 24.9. The molecule has 0 aromatic heterocycles. The van der Waals surface area contributed by atoms with Gasteiger partial charge in [0, 0.05) is 13.0 Å². The normalized spacial score (nSPS) is 34.1. The molecule has 6 atom stereocenters. The van der Waals surface area contributed by atoms with Crippen molar-refractivity contribution in [2.45, 2.75) is 28.5 Å². The average molecular weight is 551 g/mol. The Morgan fingerprint density at radius 1 is 1.00 bits per heavy atom. The summed E-state index contributed by atoms with van der Waals surface area (Å²) in [6.45, 7) is 3.74. The van der Waals surface area contributed by atoms with Crippen LogP contribution in [0.2, 0.25) is 0 Å². The molecule has 2 saturated heterocycles. The lowest BCUT2D eigenvalue weighted by atomic mass is 9.56. The van der Waals surface area contributed by atoms with Crippen molar-refractivity contribution in [2.24, 2.45) is 17.8 Å². The minimum atomic E-state index is -1.87. The fraction of sp³-hybridized carbons (Fsp3) is 0.310. The van der Waals surface area contributed by atoms with Crippen molar-refractivity contribution in [3.8, 4) is 5.75 Å². The molecule has 4 amide bonds. The van der Waals surface area contributed by atoms with Crippen LogP contribution in [0.5, 0.6) is 5.75 Å². The Labute approximate surface area is 229 Å². The van der Waals surface area contributed by atoms with Crippen molar-refractivity contribution < 1.29 is 24.3 Å². The fourth-order valence-corrected chi connectivity index (χ4v) is 7.86. The zero-order chi connectivity index (χ0) is 27.1. The predicted octanol–water partition coefficient (Wildman–Crippen LogP) is 4.23. The lowest BCUT2D eigenvalue weighted by Gasteiger charge is -2.50. The van der Waals surface area contributed by atoms with Crippen LogP contribution in [0, 0.1) is 17.8 Å². The molecule has 9 heteroatoms. The van der Waals surface area contributed by atoms with E-state index in [0.717, 1.165) is 10.5 Å². The van der Waals surface area contributed by atoms with Gasteiger partial charge in [0.1, 0.15) is 5.75 Å². The molecule has 7 nitrogen and oxygen atoms in total. The minimum Gasteiger partial charge on any atom is -0.508 e. The van der Waals surface area contributed by atoms with Crippen molar-refractivity contribution in [3.63, 3.8) is 0 Å². The summed E-state index contributed by atoms with van der Waals surface area (Å²) in [5.74, 6) is -4.89. The number of hydrogen-bond donors (Lipinski definition) is 1. The number of fused-ring (bicyclic) bond motifs is 4. The lowest BCUT2D eigenvalue weighted by molar-refractivity contribution is -0.138. The van der Waals surface area contributed by atoms with Gasteiger partial charge in [-0.1, -0.05) is 48.6 Å². The Hall–Kier alpha value is -3.42. The van der Waals surface area contributed by atoms with Crippen LogP contribution in [0.25, 0.3) is 6.08 Å². The molecule has 38 heavy (non-hydrogen) atoms. The molecule has 1 N–H and O–H groups in total. The van der Waals surface area contributed by atoms with Gasteiger partial charge in [-0.05, 0) is 54.2 Å². The summed E-state index contributed by atoms with van der Waals surface area (Å²) in [7, 11) is 1.34. The van der Waals surface area contributed by atoms with Crippen molar-refractivity contribution in [1.29, 1.82) is 0 Å². The van der Waals surface area contributed by atoms with E-state index in [4.69, 9.17) is 23.2 Å². The van der Waals surface area contributed by atoms with Gasteiger partial charge in [0.25, 0.3) is 11.8 Å². The van der Waals surface area contributed by atoms with Gasteiger partial charge >= 0.3 is 0 Å². The highest BCUT2D eigenvalue weighted by Gasteiger charge is 2.75. The van der Waals surface area contributed by atoms with Crippen LogP contribution in [-0.2, 0) is 19.2 Å². The number of aromatic hydroxyl groups is 1. The standard InChI is InChI=1S/C29H24Cl2N2O5/c1-3-15-7-9-17(10-8-15)33-24(35)20-12-11-19-21(22(20)25(33)36)14-28(30)26(37)32(2)27(38)29(28,31)23(19)16-5-4-6-18(34)13-16/h3-11,13,20-23,34H,1,12,14H2,2H3/t20-,21+,22-,23-,28+,29-/m0/s1. The van der Waals surface area contributed by atoms with Gasteiger partial charge in [-0.15, -0.1) is 23.2 Å². The van der Waals surface area contributed by atoms with E-state index < -0.39 is 45.2 Å². The van der Waals surface area contributed by atoms with Crippen LogP contribution in [-0.4, -0.2) is 50.4 Å². The Balaban J connectivity index is 1.49. The van der Waals surface area contributed by atoms with E-state index in [-0.39, 0.29) is 30.4 Å². The molecule has 0 radical (unpaired) electrons. The van der Waals surface area contributed by atoms with Gasteiger partial charge in [-0.25, -0.2) is 0 Å². The molecule has 0 unspecified atom stereocenters. The first-order valence-corrected chi connectivity index (χ1v) is 13.1. The molecule has 0 bridgehead atoms. The van der Waals surface area contributed by atoms with E-state index in [9.17, 15) is 24.3 Å². The first-order chi connectivity index (χ1) is 18.0. The molecule has 6 rings (SSSR count). The minimum absolute atomic E-state index is 0.0363. The highest BCUT2D eigenvalue weighted by Crippen LogP contribution is 2.65. The third-order valence-electron chi connectivity index (χ3n) is 8.60. The van der Waals surface area contributed by atoms with E-state index in [1.807, 2.05) is 6.08 Å². The summed E-state index contributed by atoms with van der Waals surface area (Å²) in [6, 6.07) is 13.3. The summed E-state index contributed by atoms with van der Waals surface area (Å²) in [5, 5.41) is 10.3. The van der Waals surface area contributed by atoms with Crippen molar-refractivity contribution in [3.05, 3.63) is 77.9 Å². The molecule has 4 aliphatic rings. The predicted molar refractivity (Wildman–Crippen MR) is 143 cm³/mol. The summed E-state index contributed by atoms with van der Waals surface area (Å²) in [5.41, 5.74) is 2.50. The zero-order valence-corrected chi connectivity index (χ0v) is 21.9. The molecule has 2 heterocycles. The topological polar surface area (TPSA) is 95.0 Å². The van der Waals surface area contributed by atoms with Crippen molar-refractivity contribution in [1.82, 2.24) is 4.90 Å². The second kappa shape index (κ2) is 8.29. The van der Waals surface area contributed by atoms with Crippen LogP contribution in [0.15, 0.2) is 66.8 Å². The number of phenolic OH excluding ortho intramolecular Hbond substituents is 1. The Morgan fingerprint density at radius 3 is 2.37 bits per heavy atom. The fourth-order valence-electron chi connectivity index (χ4n) is 6.84. The van der Waals surface area contributed by atoms with Gasteiger partial charge in [-0.3, -0.25) is 29.0 Å². The molecule has 2 aliphatic heterocycles. The molecule has 1 saturated carbocycles. The summed E-state index contributed by atoms with van der Waals surface area (Å²) in [4.78, 5) is 52.9. The zero-order valence-electron chi connectivity index (χ0n) is 20.4. The number of benzene rings is 2. The van der Waals surface area contributed by atoms with Gasteiger partial charge in [-0.2, -0.15) is 0 Å². The SMILES string of the molecule is C=Cc1ccc(N2C(=O)[C@H]3[C@H](CC=C4[C@H]3C[C@@]3(Cl)C(=O)N(C)C(=O)[C@@]3(Cl)[C@H]4c3cccc(O)c3)C2=O)cc1. The highest BCUT2D eigenvalue weighted by atomic mass is 35.5. The van der Waals surface area contributed by atoms with E-state index >= 15 is 0 Å². The Morgan fingerprint density at radius 2 is 1.71 bits per heavy atom. The van der Waals surface area contributed by atoms with E-state index in [1.54, 1.807) is 42.5 Å². The number of nitrogens with zero attached hydrogens (tertiary/aromatic N) is 2. The van der Waals surface area contributed by atoms with Gasteiger partial charge in [0.15, 0.2) is 9.75 Å². The van der Waals surface area contributed by atoms with Crippen LogP contribution in [0.1, 0.15) is 29.9 Å². The summed E-state index contributed by atoms with van der Waals surface area (Å²) < 4.78 is 0. The van der Waals surface area contributed by atoms with Crippen LogP contribution in [0.4, 0.5) is 5.69 Å². The molecule has 3 fully saturated rings. The van der Waals surface area contributed by atoms with Gasteiger partial charge in [0.2, 0.25) is 11.8 Å². The number of phenols is 1. The van der Waals surface area contributed by atoms with E-state index in [0.29, 0.717) is 16.8 Å². The Kier molecular flexibility index (Phi) is 5.43. The quantitative estimate of drug-likeness (QED) is 0.350. The van der Waals surface area contributed by atoms with Crippen LogP contribution < -0.4 is 4.90 Å². The number of anilines is 1. The number of likely N-dealkylation sites (tertiary alicyclic amines) is 1. The number of allylic oxidation sites excluding steroid dienone is 2. The number of hydrogen-bond acceptors (Lipinski definition) is 5. The maximum absolute atomic E-state index is 13.9. The average Bonchev–Trinajstić information content (AvgIpc) is 3.23. The van der Waals surface area contributed by atoms with Gasteiger partial charge in [0.05, 0.1) is 17.5 Å². The summed E-state index contributed by atoms with van der Waals surface area (Å²) in [6.07, 6.45) is 3.74. The Bertz CT molecular complexity index is 1470. The summed E-state index contributed by atoms with van der Waals surface area (Å²) >= 11 is 14.2. The number of rotatable bonds is 3. The maximum Gasteiger partial charge on any atom is 0.253 e. The number of halogens is 2. The third-order valence-corrected chi connectivity index (χ3v) is 10.0. The van der Waals surface area contributed by atoms with Crippen LogP contribution >= 0.6 is 23.2 Å². The lowest BCUT2D eigenvalue weighted by Crippen LogP contribution is -2.60. The molecule has 2 aromatic rings. The largest absolute Gasteiger partial charge is 0.508 e. The third kappa shape index (κ3) is 3.03. The first-order valence-electron chi connectivity index (χ1n) is 12.3.